The van der Waals surface area contributed by atoms with Gasteiger partial charge in [0.05, 0.1) is 12.6 Å². The number of rotatable bonds is 6. The monoisotopic (exact) mass is 295 g/mol. The maximum atomic E-state index is 12.9. The number of amides is 1. The lowest BCUT2D eigenvalue weighted by Crippen LogP contribution is -2.40. The summed E-state index contributed by atoms with van der Waals surface area (Å²) in [4.78, 5) is 12.1. The molecule has 0 fully saturated rings. The number of benzene rings is 1. The fourth-order valence-electron chi connectivity index (χ4n) is 2.37. The summed E-state index contributed by atoms with van der Waals surface area (Å²) >= 11 is 0. The van der Waals surface area contributed by atoms with Gasteiger partial charge in [-0.1, -0.05) is 39.8 Å². The Labute approximate surface area is 126 Å². The van der Waals surface area contributed by atoms with E-state index < -0.39 is 0 Å². The highest BCUT2D eigenvalue weighted by Gasteiger charge is 2.20. The molecule has 0 heterocycles. The molecule has 2 unspecified atom stereocenters. The highest BCUT2D eigenvalue weighted by atomic mass is 19.1. The van der Waals surface area contributed by atoms with Crippen LogP contribution in [0.5, 0.6) is 0 Å². The van der Waals surface area contributed by atoms with Gasteiger partial charge in [-0.25, -0.2) is 4.39 Å². The zero-order valence-electron chi connectivity index (χ0n) is 13.3. The lowest BCUT2D eigenvalue weighted by atomic mass is 9.88. The Bertz CT molecular complexity index is 451. The van der Waals surface area contributed by atoms with Crippen molar-refractivity contribution in [1.82, 2.24) is 5.32 Å². The van der Waals surface area contributed by atoms with Gasteiger partial charge in [0.2, 0.25) is 5.91 Å². The summed E-state index contributed by atoms with van der Waals surface area (Å²) < 4.78 is 12.9. The third-order valence-corrected chi connectivity index (χ3v) is 3.37. The van der Waals surface area contributed by atoms with E-state index >= 15 is 0 Å². The zero-order chi connectivity index (χ0) is 16.0. The van der Waals surface area contributed by atoms with E-state index in [1.54, 1.807) is 12.1 Å². The van der Waals surface area contributed by atoms with Gasteiger partial charge in [-0.3, -0.25) is 4.79 Å². The molecule has 1 aromatic carbocycles. The Kier molecular flexibility index (Phi) is 6.34. The van der Waals surface area contributed by atoms with Crippen molar-refractivity contribution >= 4 is 5.91 Å². The van der Waals surface area contributed by atoms with E-state index in [9.17, 15) is 14.3 Å². The molecule has 3 nitrogen and oxygen atoms in total. The molecule has 1 amide bonds. The van der Waals surface area contributed by atoms with Gasteiger partial charge < -0.3 is 10.4 Å². The first-order valence-corrected chi connectivity index (χ1v) is 7.37. The molecule has 0 spiro atoms. The van der Waals surface area contributed by atoms with Crippen LogP contribution in [-0.4, -0.2) is 23.7 Å². The van der Waals surface area contributed by atoms with E-state index in [-0.39, 0.29) is 35.7 Å². The molecule has 0 aliphatic rings. The van der Waals surface area contributed by atoms with E-state index in [0.717, 1.165) is 12.0 Å². The predicted octanol–water partition coefficient (Wildman–Crippen LogP) is 3.23. The molecule has 2 atom stereocenters. The minimum atomic E-state index is -0.277. The van der Waals surface area contributed by atoms with Gasteiger partial charge in [-0.2, -0.15) is 0 Å². The number of aliphatic hydroxyl groups excluding tert-OH is 1. The van der Waals surface area contributed by atoms with Crippen LogP contribution in [0.25, 0.3) is 0 Å². The van der Waals surface area contributed by atoms with Crippen molar-refractivity contribution in [3.63, 3.8) is 0 Å². The molecule has 21 heavy (non-hydrogen) atoms. The van der Waals surface area contributed by atoms with Crippen molar-refractivity contribution in [2.45, 2.75) is 52.5 Å². The standard InChI is InChI=1S/C17H26FNO2/c1-12(13-5-7-14(18)8-6-13)9-16(21)19-15(11-20)10-17(2,3)4/h5-8,12,15,20H,9-11H2,1-4H3,(H,19,21). The van der Waals surface area contributed by atoms with Crippen molar-refractivity contribution in [2.24, 2.45) is 5.41 Å². The van der Waals surface area contributed by atoms with E-state index in [1.807, 2.05) is 6.92 Å². The maximum absolute atomic E-state index is 12.9. The predicted molar refractivity (Wildman–Crippen MR) is 82.5 cm³/mol. The molecule has 2 N–H and O–H groups in total. The Morgan fingerprint density at radius 2 is 1.86 bits per heavy atom. The van der Waals surface area contributed by atoms with E-state index in [4.69, 9.17) is 0 Å². The normalized spacial score (nSPS) is 14.6. The minimum absolute atomic E-state index is 0.0135. The van der Waals surface area contributed by atoms with Crippen LogP contribution in [0.1, 0.15) is 52.0 Å². The number of carbonyl (C=O) groups is 1. The van der Waals surface area contributed by atoms with Crippen LogP contribution in [0, 0.1) is 11.2 Å². The summed E-state index contributed by atoms with van der Waals surface area (Å²) in [7, 11) is 0. The first-order chi connectivity index (χ1) is 9.71. The largest absolute Gasteiger partial charge is 0.394 e. The molecule has 0 bridgehead atoms. The number of aliphatic hydroxyl groups is 1. The summed E-state index contributed by atoms with van der Waals surface area (Å²) in [6.07, 6.45) is 1.05. The fraction of sp³-hybridized carbons (Fsp3) is 0.588. The molecule has 0 aliphatic heterocycles. The van der Waals surface area contributed by atoms with Gasteiger partial charge in [0.15, 0.2) is 0 Å². The van der Waals surface area contributed by atoms with Gasteiger partial charge in [-0.05, 0) is 35.4 Å². The number of halogens is 1. The summed E-state index contributed by atoms with van der Waals surface area (Å²) in [5, 5.41) is 12.2. The Balaban J connectivity index is 2.53. The Morgan fingerprint density at radius 3 is 2.33 bits per heavy atom. The third kappa shape index (κ3) is 6.71. The second-order valence-corrected chi connectivity index (χ2v) is 6.87. The average molecular weight is 295 g/mol. The van der Waals surface area contributed by atoms with Crippen LogP contribution >= 0.6 is 0 Å². The second kappa shape index (κ2) is 7.55. The second-order valence-electron chi connectivity index (χ2n) is 6.87. The van der Waals surface area contributed by atoms with Crippen molar-refractivity contribution < 1.29 is 14.3 Å². The smallest absolute Gasteiger partial charge is 0.220 e. The molecule has 0 saturated carbocycles. The van der Waals surface area contributed by atoms with Crippen molar-refractivity contribution in [2.75, 3.05) is 6.61 Å². The van der Waals surface area contributed by atoms with E-state index in [0.29, 0.717) is 6.42 Å². The molecule has 0 radical (unpaired) electrons. The minimum Gasteiger partial charge on any atom is -0.394 e. The van der Waals surface area contributed by atoms with Crippen LogP contribution < -0.4 is 5.32 Å². The maximum Gasteiger partial charge on any atom is 0.220 e. The van der Waals surface area contributed by atoms with Gasteiger partial charge in [0, 0.05) is 6.42 Å². The molecule has 118 valence electrons. The number of nitrogens with one attached hydrogen (secondary N) is 1. The van der Waals surface area contributed by atoms with Gasteiger partial charge in [-0.15, -0.1) is 0 Å². The highest BCUT2D eigenvalue weighted by molar-refractivity contribution is 5.77. The topological polar surface area (TPSA) is 49.3 Å². The summed E-state index contributed by atoms with van der Waals surface area (Å²) in [5.74, 6) is -0.351. The molecule has 0 aliphatic carbocycles. The quantitative estimate of drug-likeness (QED) is 0.846. The molecule has 1 rings (SSSR count). The first-order valence-electron chi connectivity index (χ1n) is 7.37. The fourth-order valence-corrected chi connectivity index (χ4v) is 2.37. The molecule has 1 aromatic rings. The van der Waals surface area contributed by atoms with Crippen molar-refractivity contribution in [1.29, 1.82) is 0 Å². The van der Waals surface area contributed by atoms with E-state index in [2.05, 4.69) is 26.1 Å². The number of hydrogen-bond acceptors (Lipinski definition) is 2. The molecular weight excluding hydrogens is 269 g/mol. The van der Waals surface area contributed by atoms with Crippen LogP contribution in [0.4, 0.5) is 4.39 Å². The lowest BCUT2D eigenvalue weighted by Gasteiger charge is -2.26. The van der Waals surface area contributed by atoms with Crippen LogP contribution in [0.3, 0.4) is 0 Å². The zero-order valence-corrected chi connectivity index (χ0v) is 13.3. The first kappa shape index (κ1) is 17.6. The van der Waals surface area contributed by atoms with Crippen LogP contribution in [0.15, 0.2) is 24.3 Å². The number of carbonyl (C=O) groups excluding carboxylic acids is 1. The molecule has 4 heteroatoms. The third-order valence-electron chi connectivity index (χ3n) is 3.37. The van der Waals surface area contributed by atoms with Crippen molar-refractivity contribution in [3.05, 3.63) is 35.6 Å². The molecule has 0 aromatic heterocycles. The SMILES string of the molecule is CC(CC(=O)NC(CO)CC(C)(C)C)c1ccc(F)cc1. The lowest BCUT2D eigenvalue weighted by molar-refractivity contribution is -0.122. The average Bonchev–Trinajstić information content (AvgIpc) is 2.36. The van der Waals surface area contributed by atoms with Crippen LogP contribution in [-0.2, 0) is 4.79 Å². The number of hydrogen-bond donors (Lipinski definition) is 2. The Morgan fingerprint density at radius 1 is 1.29 bits per heavy atom. The van der Waals surface area contributed by atoms with Gasteiger partial charge in [0.25, 0.3) is 0 Å². The van der Waals surface area contributed by atoms with Crippen molar-refractivity contribution in [3.8, 4) is 0 Å². The summed E-state index contributed by atoms with van der Waals surface area (Å²) in [5.41, 5.74) is 0.978. The van der Waals surface area contributed by atoms with Gasteiger partial charge >= 0.3 is 0 Å². The van der Waals surface area contributed by atoms with E-state index in [1.165, 1.54) is 12.1 Å². The molecule has 0 saturated heterocycles. The Hall–Kier alpha value is -1.42. The highest BCUT2D eigenvalue weighted by Crippen LogP contribution is 2.22. The molecular formula is C17H26FNO2. The summed E-state index contributed by atoms with van der Waals surface area (Å²) in [6, 6.07) is 5.98. The van der Waals surface area contributed by atoms with Gasteiger partial charge in [0.1, 0.15) is 5.82 Å². The summed E-state index contributed by atoms with van der Waals surface area (Å²) in [6.45, 7) is 8.09. The van der Waals surface area contributed by atoms with Crippen LogP contribution in [0.2, 0.25) is 0 Å².